The quantitative estimate of drug-likeness (QED) is 0.702. The van der Waals surface area contributed by atoms with Gasteiger partial charge in [0.25, 0.3) is 0 Å². The number of nitrogens with one attached hydrogen (secondary N) is 1. The smallest absolute Gasteiger partial charge is 0.220 e. The molecule has 17 heavy (non-hydrogen) atoms. The van der Waals surface area contributed by atoms with Crippen LogP contribution in [0.2, 0.25) is 0 Å². The molecule has 0 atom stereocenters. The van der Waals surface area contributed by atoms with Crippen molar-refractivity contribution in [3.05, 3.63) is 29.8 Å². The minimum absolute atomic E-state index is 0.0488. The SMILES string of the molecule is Cc1cccc(OCCNC(=O)CCCO)c1. The summed E-state index contributed by atoms with van der Waals surface area (Å²) in [6.45, 7) is 2.99. The molecule has 1 aromatic carbocycles. The number of rotatable bonds is 7. The lowest BCUT2D eigenvalue weighted by molar-refractivity contribution is -0.121. The number of ether oxygens (including phenoxy) is 1. The molecule has 0 saturated heterocycles. The second-order valence-electron chi connectivity index (χ2n) is 3.84. The average Bonchev–Trinajstić information content (AvgIpc) is 2.32. The first kappa shape index (κ1) is 13.5. The fourth-order valence-electron chi connectivity index (χ4n) is 1.39. The van der Waals surface area contributed by atoms with Crippen LogP contribution in [0.15, 0.2) is 24.3 Å². The molecule has 1 aromatic rings. The van der Waals surface area contributed by atoms with Gasteiger partial charge in [-0.2, -0.15) is 0 Å². The molecule has 1 rings (SSSR count). The van der Waals surface area contributed by atoms with Crippen molar-refractivity contribution < 1.29 is 14.6 Å². The Bertz CT molecular complexity index is 352. The average molecular weight is 237 g/mol. The number of hydrogen-bond donors (Lipinski definition) is 2. The van der Waals surface area contributed by atoms with Crippen molar-refractivity contribution in [2.45, 2.75) is 19.8 Å². The zero-order chi connectivity index (χ0) is 12.5. The molecule has 4 heteroatoms. The number of carbonyl (C=O) groups excluding carboxylic acids is 1. The number of amides is 1. The van der Waals surface area contributed by atoms with E-state index < -0.39 is 0 Å². The number of hydrogen-bond acceptors (Lipinski definition) is 3. The van der Waals surface area contributed by atoms with Gasteiger partial charge in [0.05, 0.1) is 6.54 Å². The predicted octanol–water partition coefficient (Wildman–Crippen LogP) is 1.26. The highest BCUT2D eigenvalue weighted by Gasteiger charge is 1.99. The van der Waals surface area contributed by atoms with Crippen molar-refractivity contribution in [1.29, 1.82) is 0 Å². The zero-order valence-corrected chi connectivity index (χ0v) is 10.1. The summed E-state index contributed by atoms with van der Waals surface area (Å²) in [7, 11) is 0. The molecule has 0 bridgehead atoms. The highest BCUT2D eigenvalue weighted by Crippen LogP contribution is 2.11. The standard InChI is InChI=1S/C13H19NO3/c1-11-4-2-5-12(10-11)17-9-7-14-13(16)6-3-8-15/h2,4-5,10,15H,3,6-9H2,1H3,(H,14,16). The molecule has 0 radical (unpaired) electrons. The van der Waals surface area contributed by atoms with Gasteiger partial charge in [0.15, 0.2) is 0 Å². The van der Waals surface area contributed by atoms with Crippen LogP contribution < -0.4 is 10.1 Å². The number of aliphatic hydroxyl groups is 1. The molecule has 0 heterocycles. The van der Waals surface area contributed by atoms with Gasteiger partial charge in [-0.25, -0.2) is 0 Å². The highest BCUT2D eigenvalue weighted by molar-refractivity contribution is 5.75. The summed E-state index contributed by atoms with van der Waals surface area (Å²) in [6, 6.07) is 7.78. The fourth-order valence-corrected chi connectivity index (χ4v) is 1.39. The van der Waals surface area contributed by atoms with Crippen LogP contribution in [-0.4, -0.2) is 30.8 Å². The van der Waals surface area contributed by atoms with E-state index in [0.29, 0.717) is 26.0 Å². The second kappa shape index (κ2) is 7.68. The molecular weight excluding hydrogens is 218 g/mol. The van der Waals surface area contributed by atoms with E-state index in [0.717, 1.165) is 11.3 Å². The number of benzene rings is 1. The molecule has 0 aliphatic heterocycles. The van der Waals surface area contributed by atoms with E-state index >= 15 is 0 Å². The summed E-state index contributed by atoms with van der Waals surface area (Å²) < 4.78 is 5.48. The number of aliphatic hydroxyl groups excluding tert-OH is 1. The summed E-state index contributed by atoms with van der Waals surface area (Å²) in [5, 5.41) is 11.3. The monoisotopic (exact) mass is 237 g/mol. The zero-order valence-electron chi connectivity index (χ0n) is 10.1. The van der Waals surface area contributed by atoms with Crippen molar-refractivity contribution >= 4 is 5.91 Å². The van der Waals surface area contributed by atoms with Crippen LogP contribution in [0.4, 0.5) is 0 Å². The van der Waals surface area contributed by atoms with E-state index in [9.17, 15) is 4.79 Å². The molecule has 94 valence electrons. The highest BCUT2D eigenvalue weighted by atomic mass is 16.5. The lowest BCUT2D eigenvalue weighted by Crippen LogP contribution is -2.27. The summed E-state index contributed by atoms with van der Waals surface area (Å²) in [4.78, 5) is 11.2. The molecule has 0 spiro atoms. The fraction of sp³-hybridized carbons (Fsp3) is 0.462. The van der Waals surface area contributed by atoms with E-state index in [2.05, 4.69) is 5.32 Å². The third-order valence-corrected chi connectivity index (χ3v) is 2.24. The minimum atomic E-state index is -0.0492. The van der Waals surface area contributed by atoms with Crippen LogP contribution in [-0.2, 0) is 4.79 Å². The van der Waals surface area contributed by atoms with Gasteiger partial charge in [-0.15, -0.1) is 0 Å². The molecule has 0 aromatic heterocycles. The maximum Gasteiger partial charge on any atom is 0.220 e. The van der Waals surface area contributed by atoms with Crippen molar-refractivity contribution in [2.24, 2.45) is 0 Å². The van der Waals surface area contributed by atoms with Gasteiger partial charge in [-0.1, -0.05) is 12.1 Å². The Morgan fingerprint density at radius 3 is 3.00 bits per heavy atom. The maximum atomic E-state index is 11.2. The van der Waals surface area contributed by atoms with Crippen LogP contribution in [0.25, 0.3) is 0 Å². The molecule has 0 aliphatic rings. The van der Waals surface area contributed by atoms with Crippen molar-refractivity contribution in [2.75, 3.05) is 19.8 Å². The molecule has 0 unspecified atom stereocenters. The first-order valence-electron chi connectivity index (χ1n) is 5.79. The van der Waals surface area contributed by atoms with E-state index in [-0.39, 0.29) is 12.5 Å². The molecule has 0 saturated carbocycles. The second-order valence-corrected chi connectivity index (χ2v) is 3.84. The van der Waals surface area contributed by atoms with Crippen LogP contribution in [0, 0.1) is 6.92 Å². The van der Waals surface area contributed by atoms with E-state index in [4.69, 9.17) is 9.84 Å². The maximum absolute atomic E-state index is 11.2. The summed E-state index contributed by atoms with van der Waals surface area (Å²) in [6.07, 6.45) is 0.867. The Labute approximate surface area is 102 Å². The van der Waals surface area contributed by atoms with Crippen molar-refractivity contribution in [3.63, 3.8) is 0 Å². The lowest BCUT2D eigenvalue weighted by Gasteiger charge is -2.08. The molecule has 2 N–H and O–H groups in total. The lowest BCUT2D eigenvalue weighted by atomic mass is 10.2. The van der Waals surface area contributed by atoms with Gasteiger partial charge in [-0.3, -0.25) is 4.79 Å². The van der Waals surface area contributed by atoms with Gasteiger partial charge in [0, 0.05) is 13.0 Å². The van der Waals surface area contributed by atoms with Gasteiger partial charge in [0.2, 0.25) is 5.91 Å². The van der Waals surface area contributed by atoms with E-state index in [1.165, 1.54) is 0 Å². The van der Waals surface area contributed by atoms with Gasteiger partial charge >= 0.3 is 0 Å². The van der Waals surface area contributed by atoms with Crippen LogP contribution in [0.5, 0.6) is 5.75 Å². The van der Waals surface area contributed by atoms with Gasteiger partial charge < -0.3 is 15.2 Å². The van der Waals surface area contributed by atoms with Gasteiger partial charge in [0.1, 0.15) is 12.4 Å². The normalized spacial score (nSPS) is 10.0. The largest absolute Gasteiger partial charge is 0.492 e. The van der Waals surface area contributed by atoms with Gasteiger partial charge in [-0.05, 0) is 31.0 Å². The number of aryl methyl sites for hydroxylation is 1. The molecule has 0 fully saturated rings. The topological polar surface area (TPSA) is 58.6 Å². The summed E-state index contributed by atoms with van der Waals surface area (Å²) in [5.41, 5.74) is 1.15. The first-order chi connectivity index (χ1) is 8.22. The van der Waals surface area contributed by atoms with Crippen LogP contribution in [0.1, 0.15) is 18.4 Å². The number of carbonyl (C=O) groups is 1. The Kier molecular flexibility index (Phi) is 6.10. The summed E-state index contributed by atoms with van der Waals surface area (Å²) in [5.74, 6) is 0.765. The minimum Gasteiger partial charge on any atom is -0.492 e. The summed E-state index contributed by atoms with van der Waals surface area (Å²) >= 11 is 0. The molecule has 4 nitrogen and oxygen atoms in total. The van der Waals surface area contributed by atoms with Crippen LogP contribution >= 0.6 is 0 Å². The first-order valence-corrected chi connectivity index (χ1v) is 5.79. The third kappa shape index (κ3) is 5.92. The Balaban J connectivity index is 2.14. The molecule has 1 amide bonds. The predicted molar refractivity (Wildman–Crippen MR) is 66.0 cm³/mol. The van der Waals surface area contributed by atoms with Crippen molar-refractivity contribution in [3.8, 4) is 5.75 Å². The Hall–Kier alpha value is -1.55. The van der Waals surface area contributed by atoms with E-state index in [1.807, 2.05) is 31.2 Å². The Morgan fingerprint density at radius 1 is 1.47 bits per heavy atom. The molecular formula is C13H19NO3. The van der Waals surface area contributed by atoms with Crippen LogP contribution in [0.3, 0.4) is 0 Å². The molecule has 0 aliphatic carbocycles. The third-order valence-electron chi connectivity index (χ3n) is 2.24. The van der Waals surface area contributed by atoms with Crippen molar-refractivity contribution in [1.82, 2.24) is 5.32 Å². The Morgan fingerprint density at radius 2 is 2.29 bits per heavy atom. The van der Waals surface area contributed by atoms with E-state index in [1.54, 1.807) is 0 Å².